The van der Waals surface area contributed by atoms with E-state index >= 15 is 0 Å². The third kappa shape index (κ3) is 3.74. The number of benzene rings is 2. The van der Waals surface area contributed by atoms with Crippen LogP contribution in [0.1, 0.15) is 11.6 Å². The minimum atomic E-state index is -0.381. The van der Waals surface area contributed by atoms with Gasteiger partial charge in [0.25, 0.3) is 0 Å². The molecule has 1 N–H and O–H groups in total. The lowest BCUT2D eigenvalue weighted by molar-refractivity contribution is 0.381. The Morgan fingerprint density at radius 2 is 1.90 bits per heavy atom. The molecule has 21 heavy (non-hydrogen) atoms. The maximum atomic E-state index is 14.3. The SMILES string of the molecule is CNC(CSc1ccccc1F)c1cccc(OC)c1F. The Morgan fingerprint density at radius 1 is 1.14 bits per heavy atom. The van der Waals surface area contributed by atoms with Gasteiger partial charge < -0.3 is 10.1 Å². The van der Waals surface area contributed by atoms with Crippen molar-refractivity contribution >= 4 is 11.8 Å². The summed E-state index contributed by atoms with van der Waals surface area (Å²) in [6.45, 7) is 0. The van der Waals surface area contributed by atoms with Gasteiger partial charge in [-0.1, -0.05) is 24.3 Å². The molecule has 0 saturated carbocycles. The lowest BCUT2D eigenvalue weighted by atomic mass is 10.1. The molecule has 0 saturated heterocycles. The molecule has 0 fully saturated rings. The van der Waals surface area contributed by atoms with Gasteiger partial charge in [-0.2, -0.15) is 0 Å². The summed E-state index contributed by atoms with van der Waals surface area (Å²) < 4.78 is 32.9. The third-order valence-electron chi connectivity index (χ3n) is 3.18. The highest BCUT2D eigenvalue weighted by Crippen LogP contribution is 2.30. The highest BCUT2D eigenvalue weighted by atomic mass is 32.2. The number of hydrogen-bond acceptors (Lipinski definition) is 3. The van der Waals surface area contributed by atoms with Gasteiger partial charge in [0.15, 0.2) is 11.6 Å². The van der Waals surface area contributed by atoms with Crippen molar-refractivity contribution in [1.82, 2.24) is 5.32 Å². The largest absolute Gasteiger partial charge is 0.494 e. The summed E-state index contributed by atoms with van der Waals surface area (Å²) in [5, 5.41) is 3.06. The van der Waals surface area contributed by atoms with Crippen molar-refractivity contribution < 1.29 is 13.5 Å². The van der Waals surface area contributed by atoms with Crippen LogP contribution >= 0.6 is 11.8 Å². The zero-order chi connectivity index (χ0) is 15.2. The lowest BCUT2D eigenvalue weighted by Crippen LogP contribution is -2.20. The van der Waals surface area contributed by atoms with Gasteiger partial charge in [0.2, 0.25) is 0 Å². The normalized spacial score (nSPS) is 12.2. The molecule has 1 atom stereocenters. The third-order valence-corrected chi connectivity index (χ3v) is 4.32. The molecule has 2 aromatic carbocycles. The maximum absolute atomic E-state index is 14.3. The van der Waals surface area contributed by atoms with E-state index in [1.54, 1.807) is 43.4 Å². The van der Waals surface area contributed by atoms with Crippen LogP contribution in [0.2, 0.25) is 0 Å². The van der Waals surface area contributed by atoms with Crippen molar-refractivity contribution in [3.05, 3.63) is 59.7 Å². The lowest BCUT2D eigenvalue weighted by Gasteiger charge is -2.18. The highest BCUT2D eigenvalue weighted by molar-refractivity contribution is 7.99. The molecule has 0 bridgehead atoms. The zero-order valence-corrected chi connectivity index (χ0v) is 12.7. The van der Waals surface area contributed by atoms with Gasteiger partial charge >= 0.3 is 0 Å². The summed E-state index contributed by atoms with van der Waals surface area (Å²) in [6.07, 6.45) is 0. The first-order valence-electron chi connectivity index (χ1n) is 6.54. The van der Waals surface area contributed by atoms with Crippen molar-refractivity contribution in [2.45, 2.75) is 10.9 Å². The van der Waals surface area contributed by atoms with Gasteiger partial charge in [0.05, 0.1) is 7.11 Å². The molecule has 2 rings (SSSR count). The molecular formula is C16H17F2NOS. The van der Waals surface area contributed by atoms with Crippen LogP contribution < -0.4 is 10.1 Å². The number of hydrogen-bond donors (Lipinski definition) is 1. The van der Waals surface area contributed by atoms with Gasteiger partial charge in [-0.25, -0.2) is 8.78 Å². The maximum Gasteiger partial charge on any atom is 0.169 e. The van der Waals surface area contributed by atoms with Crippen LogP contribution in [0.3, 0.4) is 0 Å². The molecule has 0 aromatic heterocycles. The summed E-state index contributed by atoms with van der Waals surface area (Å²) in [7, 11) is 3.19. The zero-order valence-electron chi connectivity index (χ0n) is 11.9. The Hall–Kier alpha value is -1.59. The molecule has 0 heterocycles. The van der Waals surface area contributed by atoms with Crippen molar-refractivity contribution in [3.8, 4) is 5.75 Å². The first kappa shape index (κ1) is 15.8. The second-order valence-electron chi connectivity index (χ2n) is 4.45. The summed E-state index contributed by atoms with van der Waals surface area (Å²) in [5.74, 6) is 0.0854. The summed E-state index contributed by atoms with van der Waals surface area (Å²) in [5.41, 5.74) is 0.515. The monoisotopic (exact) mass is 309 g/mol. The Balaban J connectivity index is 2.16. The second-order valence-corrected chi connectivity index (χ2v) is 5.51. The quantitative estimate of drug-likeness (QED) is 0.814. The van der Waals surface area contributed by atoms with Gasteiger partial charge in [0, 0.05) is 22.3 Å². The van der Waals surface area contributed by atoms with Crippen molar-refractivity contribution in [2.75, 3.05) is 19.9 Å². The van der Waals surface area contributed by atoms with Crippen molar-refractivity contribution in [2.24, 2.45) is 0 Å². The Labute approximate surface area is 127 Å². The van der Waals surface area contributed by atoms with E-state index in [0.29, 0.717) is 16.2 Å². The summed E-state index contributed by atoms with van der Waals surface area (Å²) >= 11 is 1.35. The van der Waals surface area contributed by atoms with Gasteiger partial charge in [0.1, 0.15) is 5.82 Å². The van der Waals surface area contributed by atoms with Crippen LogP contribution in [0.5, 0.6) is 5.75 Å². The predicted molar refractivity (Wildman–Crippen MR) is 81.9 cm³/mol. The van der Waals surface area contributed by atoms with Crippen LogP contribution in [0.4, 0.5) is 8.78 Å². The van der Waals surface area contributed by atoms with E-state index in [-0.39, 0.29) is 23.4 Å². The number of rotatable bonds is 6. The fourth-order valence-electron chi connectivity index (χ4n) is 2.02. The van der Waals surface area contributed by atoms with Gasteiger partial charge in [-0.15, -0.1) is 11.8 Å². The van der Waals surface area contributed by atoms with E-state index in [0.717, 1.165) is 0 Å². The molecule has 2 aromatic rings. The fraction of sp³-hybridized carbons (Fsp3) is 0.250. The smallest absolute Gasteiger partial charge is 0.169 e. The number of methoxy groups -OCH3 is 1. The average molecular weight is 309 g/mol. The molecule has 0 aliphatic carbocycles. The molecular weight excluding hydrogens is 292 g/mol. The summed E-state index contributed by atoms with van der Waals surface area (Å²) in [6, 6.07) is 11.4. The predicted octanol–water partition coefficient (Wildman–Crippen LogP) is 4.03. The molecule has 2 nitrogen and oxygen atoms in total. The molecule has 112 valence electrons. The van der Waals surface area contributed by atoms with Crippen LogP contribution in [0.15, 0.2) is 47.4 Å². The van der Waals surface area contributed by atoms with Gasteiger partial charge in [-0.3, -0.25) is 0 Å². The number of ether oxygens (including phenoxy) is 1. The number of halogens is 2. The molecule has 1 unspecified atom stereocenters. The minimum Gasteiger partial charge on any atom is -0.494 e. The topological polar surface area (TPSA) is 21.3 Å². The summed E-state index contributed by atoms with van der Waals surface area (Å²) in [4.78, 5) is 0.557. The first-order valence-corrected chi connectivity index (χ1v) is 7.53. The minimum absolute atomic E-state index is 0.212. The van der Waals surface area contributed by atoms with E-state index < -0.39 is 0 Å². The van der Waals surface area contributed by atoms with Crippen molar-refractivity contribution in [1.29, 1.82) is 0 Å². The molecule has 5 heteroatoms. The standard InChI is InChI=1S/C16H17F2NOS/c1-19-13(10-21-15-9-4-3-7-12(15)17)11-6-5-8-14(20-2)16(11)18/h3-9,13,19H,10H2,1-2H3. The van der Waals surface area contributed by atoms with Crippen LogP contribution in [0.25, 0.3) is 0 Å². The Kier molecular flexibility index (Phi) is 5.59. The van der Waals surface area contributed by atoms with Gasteiger partial charge in [-0.05, 0) is 25.2 Å². The Morgan fingerprint density at radius 3 is 2.57 bits per heavy atom. The van der Waals surface area contributed by atoms with Crippen molar-refractivity contribution in [3.63, 3.8) is 0 Å². The highest BCUT2D eigenvalue weighted by Gasteiger charge is 2.17. The van der Waals surface area contributed by atoms with Crippen LogP contribution in [-0.2, 0) is 0 Å². The Bertz CT molecular complexity index is 607. The molecule has 0 radical (unpaired) electrons. The van der Waals surface area contributed by atoms with E-state index in [2.05, 4.69) is 5.32 Å². The van der Waals surface area contributed by atoms with Crippen LogP contribution in [-0.4, -0.2) is 19.9 Å². The van der Waals surface area contributed by atoms with E-state index in [1.165, 1.54) is 24.9 Å². The first-order chi connectivity index (χ1) is 10.2. The van der Waals surface area contributed by atoms with Crippen LogP contribution in [0, 0.1) is 11.6 Å². The molecule has 0 aliphatic heterocycles. The molecule has 0 spiro atoms. The average Bonchev–Trinajstić information content (AvgIpc) is 2.51. The van der Waals surface area contributed by atoms with E-state index in [4.69, 9.17) is 4.74 Å². The molecule has 0 aliphatic rings. The van der Waals surface area contributed by atoms with E-state index in [1.807, 2.05) is 0 Å². The fourth-order valence-corrected chi connectivity index (χ4v) is 3.09. The number of thioether (sulfide) groups is 1. The second kappa shape index (κ2) is 7.43. The molecule has 0 amide bonds. The number of nitrogens with one attached hydrogen (secondary N) is 1. The van der Waals surface area contributed by atoms with E-state index in [9.17, 15) is 8.78 Å².